The Bertz CT molecular complexity index is 2040. The van der Waals surface area contributed by atoms with Gasteiger partial charge in [-0.05, 0) is 66.4 Å². The lowest BCUT2D eigenvalue weighted by molar-refractivity contribution is 0.639. The van der Waals surface area contributed by atoms with E-state index >= 15 is 0 Å². The molecule has 0 fully saturated rings. The molecule has 1 aliphatic heterocycles. The highest BCUT2D eigenvalue weighted by Gasteiger charge is 2.22. The molecule has 4 aromatic carbocycles. The van der Waals surface area contributed by atoms with Crippen molar-refractivity contribution in [3.63, 3.8) is 0 Å². The minimum absolute atomic E-state index is 0.103. The molecule has 3 aromatic heterocycles. The minimum Gasteiger partial charge on any atom is -0.437 e. The van der Waals surface area contributed by atoms with E-state index in [4.69, 9.17) is 14.8 Å². The summed E-state index contributed by atoms with van der Waals surface area (Å²) < 4.78 is 8.13. The van der Waals surface area contributed by atoms with Crippen molar-refractivity contribution in [2.45, 2.75) is 12.8 Å². The number of hydrogen-bond donors (Lipinski definition) is 1. The molecule has 4 heterocycles. The van der Waals surface area contributed by atoms with Crippen molar-refractivity contribution in [1.29, 1.82) is 5.41 Å². The van der Waals surface area contributed by atoms with Crippen LogP contribution in [0.2, 0.25) is 0 Å². The van der Waals surface area contributed by atoms with Gasteiger partial charge < -0.3 is 9.32 Å². The molecule has 0 spiro atoms. The standard InChI is InChI=1S/C31H21N5O/c32-31-34-30-23(29-33-24-9-3-6-12-27(24)36(29)31)17-21-15-16-22(18-28(21)37-30)35-25-10-4-1-7-19(25)13-14-20-8-2-5-11-26(20)35/h1-12,15-18,32H,13-14H2. The molecule has 6 heteroatoms. The summed E-state index contributed by atoms with van der Waals surface area (Å²) in [5.41, 5.74) is 9.65. The molecular weight excluding hydrogens is 458 g/mol. The van der Waals surface area contributed by atoms with Crippen LogP contribution < -0.4 is 10.5 Å². The van der Waals surface area contributed by atoms with E-state index in [2.05, 4.69) is 82.7 Å². The van der Waals surface area contributed by atoms with Gasteiger partial charge >= 0.3 is 0 Å². The number of nitrogens with one attached hydrogen (secondary N) is 1. The summed E-state index contributed by atoms with van der Waals surface area (Å²) in [5.74, 6) is 0. The van der Waals surface area contributed by atoms with Gasteiger partial charge in [0, 0.05) is 28.5 Å². The van der Waals surface area contributed by atoms with E-state index in [1.807, 2.05) is 24.3 Å². The fourth-order valence-corrected chi connectivity index (χ4v) is 5.61. The van der Waals surface area contributed by atoms with Crippen LogP contribution in [0.15, 0.2) is 101 Å². The lowest BCUT2D eigenvalue weighted by atomic mass is 10.0. The zero-order valence-electron chi connectivity index (χ0n) is 19.8. The number of benzene rings is 4. The number of fused-ring (bicyclic) bond motifs is 8. The van der Waals surface area contributed by atoms with E-state index in [0.717, 1.165) is 45.9 Å². The van der Waals surface area contributed by atoms with Gasteiger partial charge in [0.15, 0.2) is 5.65 Å². The molecular formula is C31H21N5O. The SMILES string of the molecule is N=c1nc2oc3cc(N4c5ccccc5CCc5ccccc54)ccc3cc2c2nc3ccccc3n12. The largest absolute Gasteiger partial charge is 0.437 e. The molecule has 1 N–H and O–H groups in total. The number of hydrogen-bond acceptors (Lipinski definition) is 5. The summed E-state index contributed by atoms with van der Waals surface area (Å²) in [7, 11) is 0. The Morgan fingerprint density at radius 1 is 0.730 bits per heavy atom. The molecule has 176 valence electrons. The molecule has 1 aliphatic rings. The average Bonchev–Trinajstić information content (AvgIpc) is 3.24. The summed E-state index contributed by atoms with van der Waals surface area (Å²) in [6, 6.07) is 33.4. The van der Waals surface area contributed by atoms with E-state index in [9.17, 15) is 0 Å². The van der Waals surface area contributed by atoms with Gasteiger partial charge in [-0.1, -0.05) is 48.5 Å². The maximum atomic E-state index is 8.59. The number of aryl methyl sites for hydroxylation is 2. The van der Waals surface area contributed by atoms with Gasteiger partial charge in [0.05, 0.1) is 16.4 Å². The van der Waals surface area contributed by atoms with Crippen LogP contribution in [0.4, 0.5) is 17.1 Å². The van der Waals surface area contributed by atoms with Gasteiger partial charge in [0.1, 0.15) is 5.58 Å². The number of nitrogens with zero attached hydrogens (tertiary/aromatic N) is 4. The van der Waals surface area contributed by atoms with Crippen molar-refractivity contribution in [3.05, 3.63) is 114 Å². The van der Waals surface area contributed by atoms with Gasteiger partial charge in [0.25, 0.3) is 0 Å². The molecule has 0 aliphatic carbocycles. The van der Waals surface area contributed by atoms with Crippen LogP contribution in [0.5, 0.6) is 0 Å². The highest BCUT2D eigenvalue weighted by molar-refractivity contribution is 5.99. The number of para-hydroxylation sites is 4. The first-order valence-electron chi connectivity index (χ1n) is 12.4. The maximum Gasteiger partial charge on any atom is 0.233 e. The fourth-order valence-electron chi connectivity index (χ4n) is 5.61. The Balaban J connectivity index is 1.38. The zero-order chi connectivity index (χ0) is 24.5. The Hall–Kier alpha value is -4.97. The predicted octanol–water partition coefficient (Wildman–Crippen LogP) is 6.83. The van der Waals surface area contributed by atoms with E-state index < -0.39 is 0 Å². The van der Waals surface area contributed by atoms with Crippen molar-refractivity contribution in [3.8, 4) is 0 Å². The summed E-state index contributed by atoms with van der Waals surface area (Å²) in [6.45, 7) is 0. The Morgan fingerprint density at radius 2 is 1.43 bits per heavy atom. The number of aromatic nitrogens is 3. The van der Waals surface area contributed by atoms with Crippen molar-refractivity contribution >= 4 is 55.8 Å². The van der Waals surface area contributed by atoms with Crippen molar-refractivity contribution in [2.24, 2.45) is 0 Å². The molecule has 0 unspecified atom stereocenters. The van der Waals surface area contributed by atoms with Crippen molar-refractivity contribution < 1.29 is 4.42 Å². The predicted molar refractivity (Wildman–Crippen MR) is 146 cm³/mol. The fraction of sp³-hybridized carbons (Fsp3) is 0.0645. The summed E-state index contributed by atoms with van der Waals surface area (Å²) in [4.78, 5) is 11.6. The Morgan fingerprint density at radius 3 is 2.22 bits per heavy atom. The second kappa shape index (κ2) is 7.51. The van der Waals surface area contributed by atoms with Crippen LogP contribution in [-0.4, -0.2) is 14.4 Å². The smallest absolute Gasteiger partial charge is 0.233 e. The molecule has 37 heavy (non-hydrogen) atoms. The zero-order valence-corrected chi connectivity index (χ0v) is 19.8. The van der Waals surface area contributed by atoms with Crippen LogP contribution in [-0.2, 0) is 12.8 Å². The third kappa shape index (κ3) is 2.96. The first kappa shape index (κ1) is 20.2. The molecule has 6 nitrogen and oxygen atoms in total. The quantitative estimate of drug-likeness (QED) is 0.262. The molecule has 8 rings (SSSR count). The first-order valence-corrected chi connectivity index (χ1v) is 12.4. The lowest BCUT2D eigenvalue weighted by Crippen LogP contribution is -2.16. The highest BCUT2D eigenvalue weighted by Crippen LogP contribution is 2.42. The van der Waals surface area contributed by atoms with E-state index in [0.29, 0.717) is 11.4 Å². The topological polar surface area (TPSA) is 70.4 Å². The van der Waals surface area contributed by atoms with Gasteiger partial charge in [-0.25, -0.2) is 4.98 Å². The van der Waals surface area contributed by atoms with Gasteiger partial charge in [-0.3, -0.25) is 9.81 Å². The molecule has 0 bridgehead atoms. The summed E-state index contributed by atoms with van der Waals surface area (Å²) in [5, 5.41) is 10.3. The minimum atomic E-state index is 0.103. The molecule has 0 saturated carbocycles. The highest BCUT2D eigenvalue weighted by atomic mass is 16.3. The number of rotatable bonds is 1. The van der Waals surface area contributed by atoms with E-state index in [1.165, 1.54) is 22.5 Å². The second-order valence-electron chi connectivity index (χ2n) is 9.48. The third-order valence-corrected chi connectivity index (χ3v) is 7.34. The van der Waals surface area contributed by atoms with Crippen LogP contribution in [0.25, 0.3) is 38.7 Å². The summed E-state index contributed by atoms with van der Waals surface area (Å²) in [6.07, 6.45) is 1.99. The summed E-state index contributed by atoms with van der Waals surface area (Å²) >= 11 is 0. The molecule has 0 atom stereocenters. The molecule has 0 amide bonds. The van der Waals surface area contributed by atoms with Gasteiger partial charge in [-0.15, -0.1) is 0 Å². The van der Waals surface area contributed by atoms with E-state index in [1.54, 1.807) is 4.40 Å². The normalized spacial score (nSPS) is 13.2. The Labute approximate surface area is 211 Å². The lowest BCUT2D eigenvalue weighted by Gasteiger charge is -2.27. The van der Waals surface area contributed by atoms with Crippen LogP contribution in [0, 0.1) is 5.41 Å². The van der Waals surface area contributed by atoms with Crippen LogP contribution in [0.3, 0.4) is 0 Å². The van der Waals surface area contributed by atoms with Crippen molar-refractivity contribution in [2.75, 3.05) is 4.90 Å². The Kier molecular flexibility index (Phi) is 4.11. The third-order valence-electron chi connectivity index (χ3n) is 7.34. The second-order valence-corrected chi connectivity index (χ2v) is 9.48. The number of anilines is 3. The van der Waals surface area contributed by atoms with E-state index in [-0.39, 0.29) is 5.62 Å². The molecule has 0 saturated heterocycles. The molecule has 7 aromatic rings. The monoisotopic (exact) mass is 479 g/mol. The average molecular weight is 480 g/mol. The maximum absolute atomic E-state index is 8.59. The van der Waals surface area contributed by atoms with Crippen molar-refractivity contribution in [1.82, 2.24) is 14.4 Å². The van der Waals surface area contributed by atoms with Gasteiger partial charge in [0.2, 0.25) is 11.3 Å². The first-order chi connectivity index (χ1) is 18.2. The molecule has 0 radical (unpaired) electrons. The number of imidazole rings is 1. The van der Waals surface area contributed by atoms with Gasteiger partial charge in [-0.2, -0.15) is 4.98 Å². The van der Waals surface area contributed by atoms with Crippen LogP contribution >= 0.6 is 0 Å². The van der Waals surface area contributed by atoms with Crippen LogP contribution in [0.1, 0.15) is 11.1 Å².